The van der Waals surface area contributed by atoms with Crippen LogP contribution < -0.4 is 0 Å². The Bertz CT molecular complexity index is 187. The molecule has 0 atom stereocenters. The molecule has 3 heteroatoms. The van der Waals surface area contributed by atoms with Crippen molar-refractivity contribution >= 4 is 11.8 Å². The Morgan fingerprint density at radius 1 is 1.00 bits per heavy atom. The molecule has 0 saturated heterocycles. The van der Waals surface area contributed by atoms with E-state index in [4.69, 9.17) is 4.74 Å². The maximum atomic E-state index is 11.1. The molecule has 0 saturated carbocycles. The van der Waals surface area contributed by atoms with E-state index in [1.807, 2.05) is 0 Å². The van der Waals surface area contributed by atoms with Crippen LogP contribution in [0.1, 0.15) is 58.8 Å². The van der Waals surface area contributed by atoms with Crippen LogP contribution in [-0.4, -0.2) is 18.4 Å². The zero-order valence-electron chi connectivity index (χ0n) is 9.88. The first-order chi connectivity index (χ1) is 7.16. The van der Waals surface area contributed by atoms with E-state index in [9.17, 15) is 9.59 Å². The third-order valence-electron chi connectivity index (χ3n) is 2.17. The van der Waals surface area contributed by atoms with Gasteiger partial charge in [0, 0.05) is 12.8 Å². The second kappa shape index (κ2) is 9.69. The number of carbonyl (C=O) groups is 2. The molecule has 0 rings (SSSR count). The first-order valence-electron chi connectivity index (χ1n) is 5.82. The van der Waals surface area contributed by atoms with Crippen molar-refractivity contribution in [2.75, 3.05) is 6.61 Å². The third-order valence-corrected chi connectivity index (χ3v) is 2.17. The topological polar surface area (TPSA) is 43.4 Å². The smallest absolute Gasteiger partial charge is 0.305 e. The molecule has 0 unspecified atom stereocenters. The summed E-state index contributed by atoms with van der Waals surface area (Å²) in [6.45, 7) is 4.21. The van der Waals surface area contributed by atoms with Gasteiger partial charge in [-0.25, -0.2) is 0 Å². The van der Waals surface area contributed by atoms with Crippen LogP contribution in [0.25, 0.3) is 0 Å². The molecule has 88 valence electrons. The van der Waals surface area contributed by atoms with Crippen LogP contribution in [0.2, 0.25) is 0 Å². The fourth-order valence-corrected chi connectivity index (χ4v) is 1.27. The van der Waals surface area contributed by atoms with E-state index in [1.54, 1.807) is 0 Å². The summed E-state index contributed by atoms with van der Waals surface area (Å²) in [6, 6.07) is 0. The van der Waals surface area contributed by atoms with Crippen molar-refractivity contribution in [1.82, 2.24) is 0 Å². The minimum Gasteiger partial charge on any atom is -0.466 e. The molecule has 0 aromatic carbocycles. The number of esters is 1. The molecule has 15 heavy (non-hydrogen) atoms. The second-order valence-corrected chi connectivity index (χ2v) is 3.84. The lowest BCUT2D eigenvalue weighted by Gasteiger charge is -2.03. The Morgan fingerprint density at radius 2 is 1.73 bits per heavy atom. The van der Waals surface area contributed by atoms with Gasteiger partial charge in [0.1, 0.15) is 5.78 Å². The van der Waals surface area contributed by atoms with Crippen molar-refractivity contribution in [3.63, 3.8) is 0 Å². The molecule has 0 aromatic rings. The molecular weight excluding hydrogens is 192 g/mol. The lowest BCUT2D eigenvalue weighted by Crippen LogP contribution is -2.06. The van der Waals surface area contributed by atoms with Gasteiger partial charge in [-0.15, -0.1) is 0 Å². The van der Waals surface area contributed by atoms with Crippen molar-refractivity contribution in [1.29, 1.82) is 0 Å². The summed E-state index contributed by atoms with van der Waals surface area (Å²) in [5.74, 6) is -0.0431. The molecule has 0 heterocycles. The van der Waals surface area contributed by atoms with Gasteiger partial charge < -0.3 is 9.53 Å². The molecule has 0 aliphatic carbocycles. The maximum absolute atomic E-state index is 11.1. The van der Waals surface area contributed by atoms with Gasteiger partial charge >= 0.3 is 5.97 Å². The third kappa shape index (κ3) is 11.1. The summed E-state index contributed by atoms with van der Waals surface area (Å²) < 4.78 is 5.02. The van der Waals surface area contributed by atoms with Gasteiger partial charge in [-0.2, -0.15) is 0 Å². The number of Topliss-reactive ketones (excluding diaryl/α,β-unsaturated/α-hetero) is 1. The lowest BCUT2D eigenvalue weighted by molar-refractivity contribution is -0.143. The first-order valence-corrected chi connectivity index (χ1v) is 5.82. The lowest BCUT2D eigenvalue weighted by atomic mass is 10.2. The van der Waals surface area contributed by atoms with Crippen molar-refractivity contribution < 1.29 is 14.3 Å². The minimum atomic E-state index is -0.173. The normalized spacial score (nSPS) is 10.0. The second-order valence-electron chi connectivity index (χ2n) is 3.84. The molecule has 0 aliphatic rings. The largest absolute Gasteiger partial charge is 0.466 e. The zero-order valence-corrected chi connectivity index (χ0v) is 9.88. The van der Waals surface area contributed by atoms with Crippen LogP contribution in [0, 0.1) is 0 Å². The van der Waals surface area contributed by atoms with Gasteiger partial charge in [-0.3, -0.25) is 4.79 Å². The monoisotopic (exact) mass is 214 g/mol. The molecule has 0 aliphatic heterocycles. The molecule has 0 amide bonds. The average Bonchev–Trinajstić information content (AvgIpc) is 2.17. The summed E-state index contributed by atoms with van der Waals surface area (Å²) in [4.78, 5) is 21.7. The summed E-state index contributed by atoms with van der Waals surface area (Å²) in [6.07, 6.45) is 5.92. The minimum absolute atomic E-state index is 0.130. The fraction of sp³-hybridized carbons (Fsp3) is 0.833. The summed E-state index contributed by atoms with van der Waals surface area (Å²) in [5, 5.41) is 0. The van der Waals surface area contributed by atoms with Crippen LogP contribution in [-0.2, 0) is 14.3 Å². The number of ether oxygens (including phenoxy) is 1. The number of ketones is 1. The summed E-state index contributed by atoms with van der Waals surface area (Å²) in [5.41, 5.74) is 0. The quantitative estimate of drug-likeness (QED) is 0.438. The molecule has 0 spiro atoms. The van der Waals surface area contributed by atoms with Crippen LogP contribution in [0.3, 0.4) is 0 Å². The first kappa shape index (κ1) is 14.1. The van der Waals surface area contributed by atoms with Crippen molar-refractivity contribution in [3.8, 4) is 0 Å². The van der Waals surface area contributed by atoms with E-state index < -0.39 is 0 Å². The van der Waals surface area contributed by atoms with Gasteiger partial charge in [0.25, 0.3) is 0 Å². The Morgan fingerprint density at radius 3 is 2.33 bits per heavy atom. The highest BCUT2D eigenvalue weighted by Gasteiger charge is 2.03. The van der Waals surface area contributed by atoms with Crippen LogP contribution in [0.5, 0.6) is 0 Å². The highest BCUT2D eigenvalue weighted by atomic mass is 16.5. The van der Waals surface area contributed by atoms with Crippen molar-refractivity contribution in [2.45, 2.75) is 58.8 Å². The van der Waals surface area contributed by atoms with E-state index in [-0.39, 0.29) is 11.8 Å². The zero-order chi connectivity index (χ0) is 11.5. The molecule has 3 nitrogen and oxygen atoms in total. The van der Waals surface area contributed by atoms with E-state index in [2.05, 4.69) is 6.92 Å². The predicted molar refractivity (Wildman–Crippen MR) is 59.6 cm³/mol. The highest BCUT2D eigenvalue weighted by molar-refractivity contribution is 5.76. The Balaban J connectivity index is 3.22. The SMILES string of the molecule is CCCCCCOC(=O)CCCC(C)=O. The van der Waals surface area contributed by atoms with E-state index in [0.29, 0.717) is 25.9 Å². The van der Waals surface area contributed by atoms with Crippen molar-refractivity contribution in [3.05, 3.63) is 0 Å². The molecule has 0 fully saturated rings. The molecule has 0 aromatic heterocycles. The Labute approximate surface area is 92.2 Å². The number of hydrogen-bond acceptors (Lipinski definition) is 3. The van der Waals surface area contributed by atoms with Gasteiger partial charge in [-0.1, -0.05) is 26.2 Å². The molecule has 0 N–H and O–H groups in total. The van der Waals surface area contributed by atoms with Gasteiger partial charge in [0.15, 0.2) is 0 Å². The number of unbranched alkanes of at least 4 members (excludes halogenated alkanes) is 3. The van der Waals surface area contributed by atoms with Gasteiger partial charge in [0.05, 0.1) is 6.61 Å². The van der Waals surface area contributed by atoms with Crippen LogP contribution in [0.15, 0.2) is 0 Å². The highest BCUT2D eigenvalue weighted by Crippen LogP contribution is 2.02. The number of hydrogen-bond donors (Lipinski definition) is 0. The number of carbonyl (C=O) groups excluding carboxylic acids is 2. The van der Waals surface area contributed by atoms with Gasteiger partial charge in [-0.05, 0) is 19.8 Å². The van der Waals surface area contributed by atoms with Crippen molar-refractivity contribution in [2.24, 2.45) is 0 Å². The standard InChI is InChI=1S/C12H22O3/c1-3-4-5-6-10-15-12(14)9-7-8-11(2)13/h3-10H2,1-2H3. The van der Waals surface area contributed by atoms with Gasteiger partial charge in [0.2, 0.25) is 0 Å². The van der Waals surface area contributed by atoms with Crippen LogP contribution >= 0.6 is 0 Å². The van der Waals surface area contributed by atoms with E-state index in [1.165, 1.54) is 19.8 Å². The average molecular weight is 214 g/mol. The molecule has 0 radical (unpaired) electrons. The fourth-order valence-electron chi connectivity index (χ4n) is 1.27. The van der Waals surface area contributed by atoms with Crippen LogP contribution in [0.4, 0.5) is 0 Å². The predicted octanol–water partition coefficient (Wildman–Crippen LogP) is 2.87. The summed E-state index contributed by atoms with van der Waals surface area (Å²) in [7, 11) is 0. The molecular formula is C12H22O3. The molecule has 0 bridgehead atoms. The number of rotatable bonds is 9. The Kier molecular flexibility index (Phi) is 9.13. The maximum Gasteiger partial charge on any atom is 0.305 e. The van der Waals surface area contributed by atoms with E-state index >= 15 is 0 Å². The summed E-state index contributed by atoms with van der Waals surface area (Å²) >= 11 is 0. The Hall–Kier alpha value is -0.860. The van der Waals surface area contributed by atoms with E-state index in [0.717, 1.165) is 12.8 Å².